The van der Waals surface area contributed by atoms with E-state index in [2.05, 4.69) is 39.8 Å². The molecule has 1 heteroatoms. The molecule has 1 aromatic carbocycles. The first-order valence-corrected chi connectivity index (χ1v) is 6.60. The molecule has 0 fully saturated rings. The van der Waals surface area contributed by atoms with Gasteiger partial charge in [0.2, 0.25) is 0 Å². The van der Waals surface area contributed by atoms with Crippen molar-refractivity contribution in [1.82, 2.24) is 0 Å². The molecule has 0 saturated carbocycles. The topological polar surface area (TPSA) is 23.9 Å². The lowest BCUT2D eigenvalue weighted by atomic mass is 9.87. The van der Waals surface area contributed by atoms with Crippen LogP contribution in [0.15, 0.2) is 42.0 Å². The maximum absolute atomic E-state index is 7.02. The lowest BCUT2D eigenvalue weighted by Gasteiger charge is -2.18. The van der Waals surface area contributed by atoms with Crippen LogP contribution >= 0.6 is 0 Å². The van der Waals surface area contributed by atoms with Crippen LogP contribution in [0.3, 0.4) is 0 Å². The molecule has 0 bridgehead atoms. The molecule has 0 saturated heterocycles. The Kier molecular flexibility index (Phi) is 11.3. The number of allylic oxidation sites excluding steroid dienone is 2. The van der Waals surface area contributed by atoms with Gasteiger partial charge in [-0.25, -0.2) is 0 Å². The number of nitrogens with one attached hydrogen (secondary N) is 1. The molecule has 0 unspecified atom stereocenters. The standard InChI is InChI=1S/C8H15N.C7H8.C2H6/c1-5-7(6-9)8(2,3)4;1-7-5-3-2-4-6-7;1-2/h5-6,9H,1-4H3;2-6H,1H3;1-2H3/b7-5+,9-6?;;. The van der Waals surface area contributed by atoms with E-state index in [1.807, 2.05) is 45.0 Å². The molecule has 0 aliphatic carbocycles. The van der Waals surface area contributed by atoms with E-state index in [0.717, 1.165) is 5.57 Å². The number of rotatable bonds is 1. The molecule has 0 aromatic heterocycles. The second-order valence-corrected chi connectivity index (χ2v) is 4.79. The molecule has 0 heterocycles. The fourth-order valence-electron chi connectivity index (χ4n) is 1.27. The van der Waals surface area contributed by atoms with Crippen molar-refractivity contribution in [2.24, 2.45) is 5.41 Å². The van der Waals surface area contributed by atoms with Crippen LogP contribution in [0.4, 0.5) is 0 Å². The molecule has 0 radical (unpaired) electrons. The summed E-state index contributed by atoms with van der Waals surface area (Å²) in [4.78, 5) is 0. The van der Waals surface area contributed by atoms with Gasteiger partial charge in [-0.1, -0.05) is 76.6 Å². The van der Waals surface area contributed by atoms with E-state index < -0.39 is 0 Å². The third-order valence-corrected chi connectivity index (χ3v) is 2.27. The molecular formula is C17H29N. The quantitative estimate of drug-likeness (QED) is 0.620. The minimum Gasteiger partial charge on any atom is -0.308 e. The summed E-state index contributed by atoms with van der Waals surface area (Å²) < 4.78 is 0. The van der Waals surface area contributed by atoms with Crippen LogP contribution in [0, 0.1) is 17.7 Å². The van der Waals surface area contributed by atoms with Crippen LogP contribution in [0.2, 0.25) is 0 Å². The molecule has 1 nitrogen and oxygen atoms in total. The first-order valence-electron chi connectivity index (χ1n) is 6.60. The van der Waals surface area contributed by atoms with Crippen LogP contribution in [0.5, 0.6) is 0 Å². The molecule has 0 aliphatic rings. The van der Waals surface area contributed by atoms with Crippen molar-refractivity contribution in [1.29, 1.82) is 5.41 Å². The van der Waals surface area contributed by atoms with E-state index >= 15 is 0 Å². The summed E-state index contributed by atoms with van der Waals surface area (Å²) in [6.45, 7) is 14.4. The molecule has 1 rings (SSSR count). The monoisotopic (exact) mass is 247 g/mol. The Labute approximate surface area is 113 Å². The van der Waals surface area contributed by atoms with Gasteiger partial charge in [0, 0.05) is 6.21 Å². The van der Waals surface area contributed by atoms with Gasteiger partial charge in [-0.05, 0) is 24.8 Å². The van der Waals surface area contributed by atoms with Crippen LogP contribution in [-0.2, 0) is 0 Å². The van der Waals surface area contributed by atoms with Crippen LogP contribution in [-0.4, -0.2) is 6.21 Å². The van der Waals surface area contributed by atoms with Crippen molar-refractivity contribution in [3.63, 3.8) is 0 Å². The van der Waals surface area contributed by atoms with Crippen molar-refractivity contribution in [2.45, 2.75) is 48.5 Å². The highest BCUT2D eigenvalue weighted by Gasteiger charge is 2.12. The predicted molar refractivity (Wildman–Crippen MR) is 84.5 cm³/mol. The third-order valence-electron chi connectivity index (χ3n) is 2.27. The van der Waals surface area contributed by atoms with Crippen molar-refractivity contribution in [3.05, 3.63) is 47.5 Å². The van der Waals surface area contributed by atoms with E-state index in [9.17, 15) is 0 Å². The smallest absolute Gasteiger partial charge is 0.0211 e. The van der Waals surface area contributed by atoms with Gasteiger partial charge in [0.25, 0.3) is 0 Å². The minimum atomic E-state index is 0.135. The van der Waals surface area contributed by atoms with E-state index in [4.69, 9.17) is 5.41 Å². The molecule has 0 amide bonds. The van der Waals surface area contributed by atoms with Crippen LogP contribution < -0.4 is 0 Å². The molecule has 0 atom stereocenters. The van der Waals surface area contributed by atoms with Gasteiger partial charge in [0.15, 0.2) is 0 Å². The highest BCUT2D eigenvalue weighted by molar-refractivity contribution is 5.77. The first-order chi connectivity index (χ1) is 8.41. The van der Waals surface area contributed by atoms with E-state index in [-0.39, 0.29) is 5.41 Å². The molecule has 0 spiro atoms. The van der Waals surface area contributed by atoms with Gasteiger partial charge < -0.3 is 5.41 Å². The normalized spacial score (nSPS) is 10.5. The number of aryl methyl sites for hydroxylation is 1. The third kappa shape index (κ3) is 9.83. The lowest BCUT2D eigenvalue weighted by Crippen LogP contribution is -2.09. The summed E-state index contributed by atoms with van der Waals surface area (Å²) in [5.74, 6) is 0. The zero-order chi connectivity index (χ0) is 14.6. The maximum Gasteiger partial charge on any atom is 0.0211 e. The molecule has 102 valence electrons. The minimum absolute atomic E-state index is 0.135. The first kappa shape index (κ1) is 19.0. The number of hydrogen-bond donors (Lipinski definition) is 1. The predicted octanol–water partition coefficient (Wildman–Crippen LogP) is 5.65. The van der Waals surface area contributed by atoms with E-state index in [1.54, 1.807) is 0 Å². The zero-order valence-electron chi connectivity index (χ0n) is 13.0. The van der Waals surface area contributed by atoms with Gasteiger partial charge in [0.05, 0.1) is 0 Å². The fraction of sp³-hybridized carbons (Fsp3) is 0.471. The highest BCUT2D eigenvalue weighted by atomic mass is 14.4. The molecule has 1 N–H and O–H groups in total. The Morgan fingerprint density at radius 1 is 1.06 bits per heavy atom. The largest absolute Gasteiger partial charge is 0.308 e. The van der Waals surface area contributed by atoms with Crippen molar-refractivity contribution in [3.8, 4) is 0 Å². The summed E-state index contributed by atoms with van der Waals surface area (Å²) >= 11 is 0. The molecule has 0 aliphatic heterocycles. The Bertz CT molecular complexity index is 328. The van der Waals surface area contributed by atoms with Gasteiger partial charge in [-0.2, -0.15) is 0 Å². The fourth-order valence-corrected chi connectivity index (χ4v) is 1.27. The lowest BCUT2D eigenvalue weighted by molar-refractivity contribution is 0.525. The highest BCUT2D eigenvalue weighted by Crippen LogP contribution is 2.22. The second-order valence-electron chi connectivity index (χ2n) is 4.79. The molecule has 18 heavy (non-hydrogen) atoms. The van der Waals surface area contributed by atoms with Crippen LogP contribution in [0.25, 0.3) is 0 Å². The Hall–Kier alpha value is -1.37. The number of hydrogen-bond acceptors (Lipinski definition) is 1. The average Bonchev–Trinajstić information content (AvgIpc) is 2.33. The maximum atomic E-state index is 7.02. The number of benzene rings is 1. The van der Waals surface area contributed by atoms with Gasteiger partial charge in [0.1, 0.15) is 0 Å². The zero-order valence-corrected chi connectivity index (χ0v) is 13.0. The summed E-state index contributed by atoms with van der Waals surface area (Å²) in [5.41, 5.74) is 2.54. The SMILES string of the molecule is C/C=C(\C=N)C(C)(C)C.CC.Cc1ccccc1. The summed E-state index contributed by atoms with van der Waals surface area (Å²) in [6.07, 6.45) is 3.40. The summed E-state index contributed by atoms with van der Waals surface area (Å²) in [5, 5.41) is 7.02. The van der Waals surface area contributed by atoms with Gasteiger partial charge >= 0.3 is 0 Å². The average molecular weight is 247 g/mol. The van der Waals surface area contributed by atoms with Gasteiger partial charge in [-0.3, -0.25) is 0 Å². The van der Waals surface area contributed by atoms with Crippen molar-refractivity contribution < 1.29 is 0 Å². The summed E-state index contributed by atoms with van der Waals surface area (Å²) in [6, 6.07) is 10.3. The van der Waals surface area contributed by atoms with Crippen molar-refractivity contribution in [2.75, 3.05) is 0 Å². The Balaban J connectivity index is 0. The van der Waals surface area contributed by atoms with Crippen molar-refractivity contribution >= 4 is 6.21 Å². The second kappa shape index (κ2) is 10.8. The van der Waals surface area contributed by atoms with Gasteiger partial charge in [-0.15, -0.1) is 0 Å². The Morgan fingerprint density at radius 2 is 1.50 bits per heavy atom. The van der Waals surface area contributed by atoms with Crippen LogP contribution in [0.1, 0.15) is 47.1 Å². The molecule has 1 aromatic rings. The van der Waals surface area contributed by atoms with E-state index in [0.29, 0.717) is 0 Å². The molecular weight excluding hydrogens is 218 g/mol. The summed E-state index contributed by atoms with van der Waals surface area (Å²) in [7, 11) is 0. The van der Waals surface area contributed by atoms with E-state index in [1.165, 1.54) is 11.8 Å². The Morgan fingerprint density at radius 3 is 1.61 bits per heavy atom.